The number of aryl methyl sites for hydroxylation is 1. The van der Waals surface area contributed by atoms with Gasteiger partial charge in [-0.05, 0) is 31.5 Å². The second-order valence-corrected chi connectivity index (χ2v) is 5.98. The summed E-state index contributed by atoms with van der Waals surface area (Å²) in [4.78, 5) is 24.8. The summed E-state index contributed by atoms with van der Waals surface area (Å²) in [6.45, 7) is 4.56. The summed E-state index contributed by atoms with van der Waals surface area (Å²) in [6, 6.07) is 5.36. The summed E-state index contributed by atoms with van der Waals surface area (Å²) in [5.41, 5.74) is 0.983. The molecule has 6 nitrogen and oxygen atoms in total. The largest absolute Gasteiger partial charge is 0.481 e. The summed E-state index contributed by atoms with van der Waals surface area (Å²) in [7, 11) is 0. The number of nitrogens with zero attached hydrogens (tertiary/aromatic N) is 1. The second kappa shape index (κ2) is 7.66. The van der Waals surface area contributed by atoms with Gasteiger partial charge < -0.3 is 19.5 Å². The fourth-order valence-corrected chi connectivity index (χ4v) is 2.60. The van der Waals surface area contributed by atoms with E-state index in [1.807, 2.05) is 13.0 Å². The van der Waals surface area contributed by atoms with Crippen LogP contribution in [0.25, 0.3) is 0 Å². The van der Waals surface area contributed by atoms with E-state index in [0.29, 0.717) is 23.9 Å². The molecule has 0 spiro atoms. The predicted molar refractivity (Wildman–Crippen MR) is 84.9 cm³/mol. The first-order valence-electron chi connectivity index (χ1n) is 7.42. The van der Waals surface area contributed by atoms with E-state index in [0.717, 1.165) is 5.56 Å². The minimum absolute atomic E-state index is 0.122. The molecule has 1 aromatic carbocycles. The van der Waals surface area contributed by atoms with Crippen LogP contribution in [0.5, 0.6) is 5.75 Å². The number of benzene rings is 1. The number of hydrogen-bond donors (Lipinski definition) is 1. The molecular weight excluding hydrogens is 322 g/mol. The molecule has 1 fully saturated rings. The molecule has 1 saturated heterocycles. The summed E-state index contributed by atoms with van der Waals surface area (Å²) in [5.74, 6) is -0.690. The fourth-order valence-electron chi connectivity index (χ4n) is 2.44. The minimum Gasteiger partial charge on any atom is -0.481 e. The SMILES string of the molecule is Cc1ccc(Cl)c(OC(C)C(=O)N2CCOC(CC(=O)O)C2)c1. The number of carboxylic acids is 1. The minimum atomic E-state index is -0.944. The quantitative estimate of drug-likeness (QED) is 0.887. The fraction of sp³-hybridized carbons (Fsp3) is 0.500. The molecule has 2 atom stereocenters. The molecule has 0 radical (unpaired) electrons. The maximum atomic E-state index is 12.5. The van der Waals surface area contributed by atoms with Crippen molar-refractivity contribution in [3.63, 3.8) is 0 Å². The van der Waals surface area contributed by atoms with Crippen LogP contribution >= 0.6 is 11.6 Å². The van der Waals surface area contributed by atoms with Gasteiger partial charge in [0.2, 0.25) is 0 Å². The Kier molecular flexibility index (Phi) is 5.85. The normalized spacial score (nSPS) is 19.3. The van der Waals surface area contributed by atoms with Crippen molar-refractivity contribution in [1.82, 2.24) is 4.90 Å². The highest BCUT2D eigenvalue weighted by Crippen LogP contribution is 2.26. The van der Waals surface area contributed by atoms with E-state index >= 15 is 0 Å². The molecule has 1 aliphatic heterocycles. The zero-order chi connectivity index (χ0) is 17.0. The predicted octanol–water partition coefficient (Wildman–Crippen LogP) is 2.12. The zero-order valence-corrected chi connectivity index (χ0v) is 13.9. The molecule has 0 bridgehead atoms. The lowest BCUT2D eigenvalue weighted by atomic mass is 10.2. The molecule has 1 aliphatic rings. The first kappa shape index (κ1) is 17.6. The lowest BCUT2D eigenvalue weighted by Gasteiger charge is -2.33. The van der Waals surface area contributed by atoms with E-state index in [1.54, 1.807) is 24.0 Å². The van der Waals surface area contributed by atoms with Gasteiger partial charge in [0.15, 0.2) is 6.10 Å². The third-order valence-electron chi connectivity index (χ3n) is 3.59. The lowest BCUT2D eigenvalue weighted by molar-refractivity contribution is -0.151. The molecule has 2 unspecified atom stereocenters. The van der Waals surface area contributed by atoms with Crippen molar-refractivity contribution in [2.45, 2.75) is 32.5 Å². The van der Waals surface area contributed by atoms with E-state index in [1.165, 1.54) is 0 Å². The Morgan fingerprint density at radius 2 is 2.26 bits per heavy atom. The van der Waals surface area contributed by atoms with Gasteiger partial charge in [-0.3, -0.25) is 9.59 Å². The third-order valence-corrected chi connectivity index (χ3v) is 3.90. The van der Waals surface area contributed by atoms with Gasteiger partial charge in [0.05, 0.1) is 24.2 Å². The van der Waals surface area contributed by atoms with Gasteiger partial charge in [0.1, 0.15) is 5.75 Å². The topological polar surface area (TPSA) is 76.1 Å². The smallest absolute Gasteiger partial charge is 0.306 e. The molecule has 0 aromatic heterocycles. The molecule has 0 aliphatic carbocycles. The number of amides is 1. The first-order chi connectivity index (χ1) is 10.9. The molecule has 7 heteroatoms. The van der Waals surface area contributed by atoms with Gasteiger partial charge in [-0.2, -0.15) is 0 Å². The maximum Gasteiger partial charge on any atom is 0.306 e. The highest BCUT2D eigenvalue weighted by molar-refractivity contribution is 6.32. The number of aliphatic carboxylic acids is 1. The molecule has 23 heavy (non-hydrogen) atoms. The van der Waals surface area contributed by atoms with Crippen molar-refractivity contribution in [1.29, 1.82) is 0 Å². The Bertz CT molecular complexity index is 592. The number of carbonyl (C=O) groups excluding carboxylic acids is 1. The summed E-state index contributed by atoms with van der Waals surface area (Å²) < 4.78 is 11.0. The van der Waals surface area contributed by atoms with Crippen LogP contribution in [-0.4, -0.2) is 53.8 Å². The summed E-state index contributed by atoms with van der Waals surface area (Å²) in [6.07, 6.45) is -1.32. The van der Waals surface area contributed by atoms with E-state index in [2.05, 4.69) is 0 Å². The standard InChI is InChI=1S/C16H20ClNO5/c1-10-3-4-13(17)14(7-10)23-11(2)16(21)18-5-6-22-12(9-18)8-15(19)20/h3-4,7,11-12H,5-6,8-9H2,1-2H3,(H,19,20). The van der Waals surface area contributed by atoms with Crippen molar-refractivity contribution in [3.05, 3.63) is 28.8 Å². The van der Waals surface area contributed by atoms with Crippen LogP contribution in [0.3, 0.4) is 0 Å². The molecule has 1 amide bonds. The number of carboxylic acid groups (broad SMARTS) is 1. The molecule has 1 heterocycles. The van der Waals surface area contributed by atoms with Gasteiger partial charge in [-0.1, -0.05) is 17.7 Å². The average molecular weight is 342 g/mol. The van der Waals surface area contributed by atoms with E-state index in [-0.39, 0.29) is 18.9 Å². The van der Waals surface area contributed by atoms with Crippen molar-refractivity contribution in [3.8, 4) is 5.75 Å². The van der Waals surface area contributed by atoms with E-state index in [4.69, 9.17) is 26.2 Å². The second-order valence-electron chi connectivity index (χ2n) is 5.57. The van der Waals surface area contributed by atoms with Crippen LogP contribution in [0.2, 0.25) is 5.02 Å². The maximum absolute atomic E-state index is 12.5. The van der Waals surface area contributed by atoms with Gasteiger partial charge in [-0.25, -0.2) is 0 Å². The monoisotopic (exact) mass is 341 g/mol. The number of rotatable bonds is 5. The van der Waals surface area contributed by atoms with Crippen LogP contribution in [0.4, 0.5) is 0 Å². The Balaban J connectivity index is 1.98. The number of ether oxygens (including phenoxy) is 2. The van der Waals surface area contributed by atoms with Crippen molar-refractivity contribution >= 4 is 23.5 Å². The Labute approximate surface area is 139 Å². The van der Waals surface area contributed by atoms with Crippen LogP contribution < -0.4 is 4.74 Å². The van der Waals surface area contributed by atoms with Crippen molar-refractivity contribution in [2.75, 3.05) is 19.7 Å². The summed E-state index contributed by atoms with van der Waals surface area (Å²) >= 11 is 6.08. The molecule has 1 aromatic rings. The van der Waals surface area contributed by atoms with Gasteiger partial charge in [-0.15, -0.1) is 0 Å². The third kappa shape index (κ3) is 4.84. The van der Waals surface area contributed by atoms with Crippen molar-refractivity contribution < 1.29 is 24.2 Å². The van der Waals surface area contributed by atoms with Crippen molar-refractivity contribution in [2.24, 2.45) is 0 Å². The Hall–Kier alpha value is -1.79. The van der Waals surface area contributed by atoms with Gasteiger partial charge in [0.25, 0.3) is 5.91 Å². The van der Waals surface area contributed by atoms with Crippen LogP contribution in [0, 0.1) is 6.92 Å². The highest BCUT2D eigenvalue weighted by atomic mass is 35.5. The summed E-state index contributed by atoms with van der Waals surface area (Å²) in [5, 5.41) is 9.27. The zero-order valence-electron chi connectivity index (χ0n) is 13.1. The van der Waals surface area contributed by atoms with E-state index < -0.39 is 18.2 Å². The van der Waals surface area contributed by atoms with E-state index in [9.17, 15) is 9.59 Å². The Morgan fingerprint density at radius 1 is 1.52 bits per heavy atom. The number of carbonyl (C=O) groups is 2. The van der Waals surface area contributed by atoms with Gasteiger partial charge in [0, 0.05) is 13.1 Å². The number of morpholine rings is 1. The number of hydrogen-bond acceptors (Lipinski definition) is 4. The molecular formula is C16H20ClNO5. The molecule has 126 valence electrons. The van der Waals surface area contributed by atoms with Crippen LogP contribution in [-0.2, 0) is 14.3 Å². The highest BCUT2D eigenvalue weighted by Gasteiger charge is 2.29. The average Bonchev–Trinajstić information content (AvgIpc) is 2.49. The van der Waals surface area contributed by atoms with Crippen LogP contribution in [0.1, 0.15) is 18.9 Å². The van der Waals surface area contributed by atoms with Crippen LogP contribution in [0.15, 0.2) is 18.2 Å². The lowest BCUT2D eigenvalue weighted by Crippen LogP contribution is -2.50. The first-order valence-corrected chi connectivity index (χ1v) is 7.79. The molecule has 1 N–H and O–H groups in total. The molecule has 0 saturated carbocycles. The van der Waals surface area contributed by atoms with Gasteiger partial charge >= 0.3 is 5.97 Å². The number of halogens is 1. The molecule has 2 rings (SSSR count). The Morgan fingerprint density at radius 3 is 2.96 bits per heavy atom.